The Kier molecular flexibility index (Phi) is 10.4. The quantitative estimate of drug-likeness (QED) is 0.132. The smallest absolute Gasteiger partial charge is 0.229 e. The van der Waals surface area contributed by atoms with Gasteiger partial charge in [0.2, 0.25) is 12.6 Å². The third kappa shape index (κ3) is 6.68. The summed E-state index contributed by atoms with van der Waals surface area (Å²) in [6.07, 6.45) is -15.3. The molecule has 2 fully saturated rings. The molecule has 4 rings (SSSR count). The van der Waals surface area contributed by atoms with Crippen LogP contribution < -0.4 is 9.47 Å². The van der Waals surface area contributed by atoms with E-state index in [4.69, 9.17) is 18.9 Å². The Labute approximate surface area is 240 Å². The molecule has 0 saturated carbocycles. The molecule has 2 heterocycles. The van der Waals surface area contributed by atoms with Crippen LogP contribution in [0.4, 0.5) is 0 Å². The molecular formula is C28H36O14. The Morgan fingerprint density at radius 2 is 1.17 bits per heavy atom. The fourth-order valence-electron chi connectivity index (χ4n) is 4.96. The SMILES string of the molecule is CC(=O)c1c(O[C@@H]2O[C@H](CO)[C@@H](O)[C@H](O)[C@H]2O)ccc(O[C@@H]2O[C@H](CO)[C@@H](O)[C@H](O)[C@H]2O)c1CCc1ccc(O)cc1. The van der Waals surface area contributed by atoms with E-state index in [0.29, 0.717) is 6.42 Å². The predicted molar refractivity (Wildman–Crippen MR) is 141 cm³/mol. The molecule has 0 aromatic heterocycles. The molecule has 14 heteroatoms. The van der Waals surface area contributed by atoms with Gasteiger partial charge in [-0.2, -0.15) is 0 Å². The molecule has 2 aliphatic heterocycles. The van der Waals surface area contributed by atoms with E-state index in [1.54, 1.807) is 12.1 Å². The highest BCUT2D eigenvalue weighted by molar-refractivity contribution is 5.99. The summed E-state index contributed by atoms with van der Waals surface area (Å²) >= 11 is 0. The summed E-state index contributed by atoms with van der Waals surface area (Å²) in [5, 5.41) is 90.3. The first kappa shape index (κ1) is 32.0. The standard InChI is InChI=1S/C28H36O14/c1-12(31)20-15(7-4-13-2-5-14(32)6-3-13)16(39-27-25(37)23(35)21(33)18(10-29)41-27)8-9-17(20)40-28-26(38)24(36)22(34)19(11-30)42-28/h2-3,5-6,8-9,18-19,21-30,32-38H,4,7,10-11H2,1H3/t18-,19-,21-,22-,23+,24+,25-,26-,27-,28-/m1/s1. The normalized spacial score (nSPS) is 33.3. The highest BCUT2D eigenvalue weighted by atomic mass is 16.7. The number of Topliss-reactive ketones (excluding diaryl/α,β-unsaturated/α-hetero) is 1. The summed E-state index contributed by atoms with van der Waals surface area (Å²) in [6.45, 7) is -0.117. The van der Waals surface area contributed by atoms with Crippen LogP contribution in [0.15, 0.2) is 36.4 Å². The van der Waals surface area contributed by atoms with Gasteiger partial charge in [-0.1, -0.05) is 12.1 Å². The molecule has 0 spiro atoms. The van der Waals surface area contributed by atoms with Crippen molar-refractivity contribution in [1.29, 1.82) is 0 Å². The first-order valence-corrected chi connectivity index (χ1v) is 13.4. The topological polar surface area (TPSA) is 236 Å². The number of aliphatic hydroxyl groups is 8. The van der Waals surface area contributed by atoms with Crippen molar-refractivity contribution in [3.05, 3.63) is 53.1 Å². The molecule has 2 aromatic carbocycles. The lowest BCUT2D eigenvalue weighted by Gasteiger charge is -2.40. The third-order valence-electron chi connectivity index (χ3n) is 7.37. The van der Waals surface area contributed by atoms with Crippen molar-refractivity contribution in [3.8, 4) is 17.2 Å². The molecule has 9 N–H and O–H groups in total. The minimum atomic E-state index is -1.74. The van der Waals surface area contributed by atoms with Gasteiger partial charge in [0.1, 0.15) is 66.1 Å². The van der Waals surface area contributed by atoms with E-state index in [-0.39, 0.29) is 34.8 Å². The number of ether oxygens (including phenoxy) is 4. The highest BCUT2D eigenvalue weighted by Gasteiger charge is 2.46. The highest BCUT2D eigenvalue weighted by Crippen LogP contribution is 2.36. The zero-order valence-electron chi connectivity index (χ0n) is 22.6. The lowest BCUT2D eigenvalue weighted by molar-refractivity contribution is -0.278. The van der Waals surface area contributed by atoms with Gasteiger partial charge in [0.05, 0.1) is 18.8 Å². The summed E-state index contributed by atoms with van der Waals surface area (Å²) in [5.41, 5.74) is 1.02. The second-order valence-electron chi connectivity index (χ2n) is 10.3. The van der Waals surface area contributed by atoms with Gasteiger partial charge in [0, 0.05) is 5.56 Å². The van der Waals surface area contributed by atoms with Gasteiger partial charge in [0.15, 0.2) is 5.78 Å². The van der Waals surface area contributed by atoms with Crippen molar-refractivity contribution >= 4 is 5.78 Å². The minimum absolute atomic E-state index is 0.0205. The molecular weight excluding hydrogens is 560 g/mol. The average Bonchev–Trinajstić information content (AvgIpc) is 2.97. The molecule has 0 aliphatic carbocycles. The maximum absolute atomic E-state index is 13.0. The number of phenolic OH excluding ortho intramolecular Hbond substituents is 1. The number of aliphatic hydroxyl groups excluding tert-OH is 8. The van der Waals surface area contributed by atoms with Crippen LogP contribution in [-0.4, -0.2) is 126 Å². The number of benzene rings is 2. The second kappa shape index (κ2) is 13.6. The van der Waals surface area contributed by atoms with E-state index in [9.17, 15) is 50.8 Å². The van der Waals surface area contributed by atoms with Crippen molar-refractivity contribution in [1.82, 2.24) is 0 Å². The minimum Gasteiger partial charge on any atom is -0.508 e. The Balaban J connectivity index is 1.71. The van der Waals surface area contributed by atoms with E-state index < -0.39 is 80.4 Å². The van der Waals surface area contributed by atoms with Gasteiger partial charge in [0.25, 0.3) is 0 Å². The number of hydrogen-bond donors (Lipinski definition) is 9. The van der Waals surface area contributed by atoms with Crippen LogP contribution in [0.2, 0.25) is 0 Å². The molecule has 232 valence electrons. The summed E-state index contributed by atoms with van der Waals surface area (Å²) in [5.74, 6) is -0.502. The Hall–Kier alpha value is -2.89. The second-order valence-corrected chi connectivity index (χ2v) is 10.3. The van der Waals surface area contributed by atoms with Crippen molar-refractivity contribution in [2.45, 2.75) is 81.2 Å². The van der Waals surface area contributed by atoms with Gasteiger partial charge in [-0.05, 0) is 49.6 Å². The number of aromatic hydroxyl groups is 1. The molecule has 2 saturated heterocycles. The lowest BCUT2D eigenvalue weighted by Crippen LogP contribution is -2.60. The first-order chi connectivity index (χ1) is 20.0. The summed E-state index contributed by atoms with van der Waals surface area (Å²) < 4.78 is 22.6. The predicted octanol–water partition coefficient (Wildman–Crippen LogP) is -2.26. The van der Waals surface area contributed by atoms with E-state index in [2.05, 4.69) is 0 Å². The maximum atomic E-state index is 13.0. The molecule has 0 radical (unpaired) electrons. The average molecular weight is 597 g/mol. The molecule has 0 bridgehead atoms. The summed E-state index contributed by atoms with van der Waals surface area (Å²) in [7, 11) is 0. The largest absolute Gasteiger partial charge is 0.508 e. The monoisotopic (exact) mass is 596 g/mol. The van der Waals surface area contributed by atoms with E-state index >= 15 is 0 Å². The molecule has 42 heavy (non-hydrogen) atoms. The third-order valence-corrected chi connectivity index (χ3v) is 7.37. The number of ketones is 1. The van der Waals surface area contributed by atoms with Crippen molar-refractivity contribution < 1.29 is 69.7 Å². The van der Waals surface area contributed by atoms with Crippen molar-refractivity contribution in [2.75, 3.05) is 13.2 Å². The fraction of sp³-hybridized carbons (Fsp3) is 0.536. The molecule has 10 atom stereocenters. The van der Waals surface area contributed by atoms with Crippen LogP contribution in [-0.2, 0) is 22.3 Å². The number of hydrogen-bond acceptors (Lipinski definition) is 14. The fourth-order valence-corrected chi connectivity index (χ4v) is 4.96. The van der Waals surface area contributed by atoms with Gasteiger partial charge in [-0.15, -0.1) is 0 Å². The van der Waals surface area contributed by atoms with Gasteiger partial charge in [-0.25, -0.2) is 0 Å². The van der Waals surface area contributed by atoms with Crippen LogP contribution in [0.1, 0.15) is 28.4 Å². The summed E-state index contributed by atoms with van der Waals surface area (Å²) in [4.78, 5) is 13.0. The molecule has 14 nitrogen and oxygen atoms in total. The zero-order chi connectivity index (χ0) is 30.7. The van der Waals surface area contributed by atoms with E-state index in [0.717, 1.165) is 5.56 Å². The van der Waals surface area contributed by atoms with Crippen LogP contribution >= 0.6 is 0 Å². The summed E-state index contributed by atoms with van der Waals surface area (Å²) in [6, 6.07) is 9.02. The molecule has 2 aliphatic rings. The maximum Gasteiger partial charge on any atom is 0.229 e. The van der Waals surface area contributed by atoms with E-state index in [1.165, 1.54) is 31.2 Å². The Morgan fingerprint density at radius 3 is 1.64 bits per heavy atom. The molecule has 0 unspecified atom stereocenters. The zero-order valence-corrected chi connectivity index (χ0v) is 22.6. The van der Waals surface area contributed by atoms with Gasteiger partial charge < -0.3 is 64.9 Å². The number of carbonyl (C=O) groups is 1. The van der Waals surface area contributed by atoms with E-state index in [1.807, 2.05) is 0 Å². The van der Waals surface area contributed by atoms with Crippen LogP contribution in [0, 0.1) is 0 Å². The number of phenols is 1. The molecule has 2 aromatic rings. The number of rotatable bonds is 10. The first-order valence-electron chi connectivity index (χ1n) is 13.4. The van der Waals surface area contributed by atoms with Gasteiger partial charge in [-0.3, -0.25) is 4.79 Å². The van der Waals surface area contributed by atoms with Crippen LogP contribution in [0.5, 0.6) is 17.2 Å². The number of carbonyl (C=O) groups excluding carboxylic acids is 1. The lowest BCUT2D eigenvalue weighted by atomic mass is 9.95. The van der Waals surface area contributed by atoms with Crippen molar-refractivity contribution in [3.63, 3.8) is 0 Å². The number of aryl methyl sites for hydroxylation is 1. The Bertz CT molecular complexity index is 1200. The van der Waals surface area contributed by atoms with Gasteiger partial charge >= 0.3 is 0 Å². The Morgan fingerprint density at radius 1 is 0.690 bits per heavy atom. The molecule has 0 amide bonds. The van der Waals surface area contributed by atoms with Crippen LogP contribution in [0.25, 0.3) is 0 Å². The van der Waals surface area contributed by atoms with Crippen LogP contribution in [0.3, 0.4) is 0 Å². The van der Waals surface area contributed by atoms with Crippen molar-refractivity contribution in [2.24, 2.45) is 0 Å².